The molecular formula is C14H24N2. The Morgan fingerprint density at radius 2 is 2.12 bits per heavy atom. The molecule has 90 valence electrons. The summed E-state index contributed by atoms with van der Waals surface area (Å²) in [6.45, 7) is 5.74. The molecule has 2 nitrogen and oxygen atoms in total. The fourth-order valence-corrected chi connectivity index (χ4v) is 2.56. The maximum atomic E-state index is 3.74. The zero-order valence-corrected chi connectivity index (χ0v) is 10.8. The smallest absolute Gasteiger partial charge is 0.0363 e. The second-order valence-corrected chi connectivity index (χ2v) is 5.71. The molecule has 0 bridgehead atoms. The molecule has 1 N–H and O–H groups in total. The normalized spacial score (nSPS) is 30.6. The Labute approximate surface area is 99.0 Å². The van der Waals surface area contributed by atoms with Crippen LogP contribution in [0.1, 0.15) is 45.2 Å². The van der Waals surface area contributed by atoms with Crippen LogP contribution in [0.4, 0.5) is 0 Å². The summed E-state index contributed by atoms with van der Waals surface area (Å²) in [5, 5.41) is 3.74. The van der Waals surface area contributed by atoms with Gasteiger partial charge in [-0.15, -0.1) is 0 Å². The number of hydrogen-bond donors (Lipinski definition) is 1. The zero-order chi connectivity index (χ0) is 11.6. The van der Waals surface area contributed by atoms with E-state index in [4.69, 9.17) is 0 Å². The highest BCUT2D eigenvalue weighted by molar-refractivity contribution is 5.07. The van der Waals surface area contributed by atoms with Crippen LogP contribution in [0.15, 0.2) is 18.3 Å². The topological polar surface area (TPSA) is 17.0 Å². The molecule has 2 heteroatoms. The number of nitrogens with zero attached hydrogens (tertiary/aromatic N) is 1. The van der Waals surface area contributed by atoms with Gasteiger partial charge in [-0.05, 0) is 50.7 Å². The van der Waals surface area contributed by atoms with Crippen LogP contribution in [0.3, 0.4) is 0 Å². The van der Waals surface area contributed by atoms with Gasteiger partial charge >= 0.3 is 0 Å². The molecule has 16 heavy (non-hydrogen) atoms. The maximum absolute atomic E-state index is 3.74. The summed E-state index contributed by atoms with van der Waals surface area (Å²) < 4.78 is 2.20. The van der Waals surface area contributed by atoms with Gasteiger partial charge in [0.05, 0.1) is 0 Å². The van der Waals surface area contributed by atoms with Crippen molar-refractivity contribution in [3.05, 3.63) is 24.0 Å². The third-order valence-corrected chi connectivity index (χ3v) is 4.13. The number of nitrogens with one attached hydrogen (secondary N) is 1. The van der Waals surface area contributed by atoms with Gasteiger partial charge in [0, 0.05) is 31.0 Å². The molecule has 0 radical (unpaired) electrons. The van der Waals surface area contributed by atoms with Gasteiger partial charge in [0.2, 0.25) is 0 Å². The summed E-state index contributed by atoms with van der Waals surface area (Å²) in [6, 6.07) is 4.31. The van der Waals surface area contributed by atoms with Crippen molar-refractivity contribution in [2.45, 2.75) is 51.6 Å². The minimum Gasteiger partial charge on any atom is -0.353 e. The van der Waals surface area contributed by atoms with Crippen LogP contribution in [-0.2, 0) is 13.6 Å². The second kappa shape index (κ2) is 4.62. The van der Waals surface area contributed by atoms with Crippen LogP contribution >= 0.6 is 0 Å². The van der Waals surface area contributed by atoms with Crippen molar-refractivity contribution in [1.82, 2.24) is 9.88 Å². The zero-order valence-electron chi connectivity index (χ0n) is 10.8. The van der Waals surface area contributed by atoms with Crippen LogP contribution in [-0.4, -0.2) is 10.1 Å². The lowest BCUT2D eigenvalue weighted by Gasteiger charge is -2.37. The number of rotatable bonds is 3. The first kappa shape index (κ1) is 11.7. The van der Waals surface area contributed by atoms with Gasteiger partial charge in [0.1, 0.15) is 0 Å². The van der Waals surface area contributed by atoms with Gasteiger partial charge in [0.15, 0.2) is 0 Å². The Kier molecular flexibility index (Phi) is 3.38. The molecule has 0 unspecified atom stereocenters. The molecular weight excluding hydrogens is 196 g/mol. The van der Waals surface area contributed by atoms with Gasteiger partial charge in [-0.1, -0.05) is 6.92 Å². The number of aryl methyl sites for hydroxylation is 1. The quantitative estimate of drug-likeness (QED) is 0.828. The highest BCUT2D eigenvalue weighted by Crippen LogP contribution is 2.31. The predicted octanol–water partition coefficient (Wildman–Crippen LogP) is 3.08. The van der Waals surface area contributed by atoms with Crippen molar-refractivity contribution in [1.29, 1.82) is 0 Å². The molecule has 0 aromatic carbocycles. The van der Waals surface area contributed by atoms with E-state index in [-0.39, 0.29) is 0 Å². The summed E-state index contributed by atoms with van der Waals surface area (Å²) in [4.78, 5) is 0. The third kappa shape index (κ3) is 2.67. The Bertz CT molecular complexity index is 332. The standard InChI is InChI=1S/C14H24N2/c1-12-6-8-14(2,9-7-12)15-11-13-5-4-10-16(13)3/h4-5,10,12,15H,6-9,11H2,1-3H3. The Morgan fingerprint density at radius 3 is 2.69 bits per heavy atom. The van der Waals surface area contributed by atoms with Crippen molar-refractivity contribution in [3.63, 3.8) is 0 Å². The first-order chi connectivity index (χ1) is 7.59. The van der Waals surface area contributed by atoms with Crippen molar-refractivity contribution in [2.24, 2.45) is 13.0 Å². The predicted molar refractivity (Wildman–Crippen MR) is 68.3 cm³/mol. The van der Waals surface area contributed by atoms with Crippen molar-refractivity contribution in [3.8, 4) is 0 Å². The summed E-state index contributed by atoms with van der Waals surface area (Å²) in [5.41, 5.74) is 1.73. The molecule has 1 fully saturated rings. The van der Waals surface area contributed by atoms with Crippen LogP contribution in [0, 0.1) is 5.92 Å². The first-order valence-corrected chi connectivity index (χ1v) is 6.44. The van der Waals surface area contributed by atoms with E-state index >= 15 is 0 Å². The van der Waals surface area contributed by atoms with E-state index in [1.807, 2.05) is 0 Å². The van der Waals surface area contributed by atoms with Crippen molar-refractivity contribution < 1.29 is 0 Å². The molecule has 0 aliphatic heterocycles. The van der Waals surface area contributed by atoms with Crippen LogP contribution in [0.5, 0.6) is 0 Å². The molecule has 0 amide bonds. The molecule has 0 spiro atoms. The van der Waals surface area contributed by atoms with Gasteiger partial charge in [-0.2, -0.15) is 0 Å². The molecule has 2 rings (SSSR count). The molecule has 0 saturated heterocycles. The van der Waals surface area contributed by atoms with Gasteiger partial charge in [-0.3, -0.25) is 0 Å². The van der Waals surface area contributed by atoms with Gasteiger partial charge < -0.3 is 9.88 Å². The Balaban J connectivity index is 1.88. The Hall–Kier alpha value is -0.760. The van der Waals surface area contributed by atoms with E-state index in [0.717, 1.165) is 12.5 Å². The molecule has 1 saturated carbocycles. The molecule has 1 heterocycles. The summed E-state index contributed by atoms with van der Waals surface area (Å²) >= 11 is 0. The van der Waals surface area contributed by atoms with Crippen molar-refractivity contribution >= 4 is 0 Å². The van der Waals surface area contributed by atoms with E-state index < -0.39 is 0 Å². The van der Waals surface area contributed by atoms with E-state index in [2.05, 4.69) is 49.1 Å². The average Bonchev–Trinajstić information content (AvgIpc) is 2.67. The molecule has 1 aliphatic rings. The van der Waals surface area contributed by atoms with Crippen LogP contribution < -0.4 is 5.32 Å². The van der Waals surface area contributed by atoms with Gasteiger partial charge in [0.25, 0.3) is 0 Å². The largest absolute Gasteiger partial charge is 0.353 e. The molecule has 0 atom stereocenters. The van der Waals surface area contributed by atoms with Gasteiger partial charge in [-0.25, -0.2) is 0 Å². The summed E-state index contributed by atoms with van der Waals surface area (Å²) in [6.07, 6.45) is 7.49. The minimum atomic E-state index is 0.358. The highest BCUT2D eigenvalue weighted by atomic mass is 15.0. The second-order valence-electron chi connectivity index (χ2n) is 5.71. The van der Waals surface area contributed by atoms with Crippen molar-refractivity contribution in [2.75, 3.05) is 0 Å². The lowest BCUT2D eigenvalue weighted by atomic mass is 9.78. The van der Waals surface area contributed by atoms with E-state index in [1.54, 1.807) is 0 Å². The maximum Gasteiger partial charge on any atom is 0.0363 e. The van der Waals surface area contributed by atoms with Crippen LogP contribution in [0.2, 0.25) is 0 Å². The monoisotopic (exact) mass is 220 g/mol. The lowest BCUT2D eigenvalue weighted by molar-refractivity contribution is 0.211. The SMILES string of the molecule is CC1CCC(C)(NCc2cccn2C)CC1. The third-order valence-electron chi connectivity index (χ3n) is 4.13. The van der Waals surface area contributed by atoms with Crippen LogP contribution in [0.25, 0.3) is 0 Å². The average molecular weight is 220 g/mol. The summed E-state index contributed by atoms with van der Waals surface area (Å²) in [5.74, 6) is 0.921. The molecule has 1 aromatic rings. The lowest BCUT2D eigenvalue weighted by Crippen LogP contribution is -2.44. The molecule has 1 aromatic heterocycles. The number of aromatic nitrogens is 1. The molecule has 1 aliphatic carbocycles. The van der Waals surface area contributed by atoms with E-state index in [9.17, 15) is 0 Å². The summed E-state index contributed by atoms with van der Waals surface area (Å²) in [7, 11) is 2.11. The fourth-order valence-electron chi connectivity index (χ4n) is 2.56. The Morgan fingerprint density at radius 1 is 1.44 bits per heavy atom. The highest BCUT2D eigenvalue weighted by Gasteiger charge is 2.28. The van der Waals surface area contributed by atoms with E-state index in [0.29, 0.717) is 5.54 Å². The minimum absolute atomic E-state index is 0.358. The fraction of sp³-hybridized carbons (Fsp3) is 0.714. The van der Waals surface area contributed by atoms with E-state index in [1.165, 1.54) is 31.4 Å². The number of hydrogen-bond acceptors (Lipinski definition) is 1. The first-order valence-electron chi connectivity index (χ1n) is 6.44.